The van der Waals surface area contributed by atoms with E-state index in [1.165, 1.54) is 0 Å². The molecule has 0 atom stereocenters. The van der Waals surface area contributed by atoms with Crippen LogP contribution in [0.15, 0.2) is 30.3 Å². The number of rotatable bonds is 4. The van der Waals surface area contributed by atoms with Gasteiger partial charge in [-0.25, -0.2) is 0 Å². The smallest absolute Gasteiger partial charge is 0.178 e. The van der Waals surface area contributed by atoms with Crippen LogP contribution >= 0.6 is 11.6 Å². The SMILES string of the molecule is Cc1cc(C(=O)CN2CCC(O)CC2)c(C)n1-c1ccc(Cl)cc1. The summed E-state index contributed by atoms with van der Waals surface area (Å²) >= 11 is 5.97. The number of hydrogen-bond acceptors (Lipinski definition) is 3. The summed E-state index contributed by atoms with van der Waals surface area (Å²) < 4.78 is 2.09. The second-order valence-electron chi connectivity index (χ2n) is 6.53. The minimum Gasteiger partial charge on any atom is -0.393 e. The highest BCUT2D eigenvalue weighted by molar-refractivity contribution is 6.30. The van der Waals surface area contributed by atoms with E-state index in [2.05, 4.69) is 9.47 Å². The summed E-state index contributed by atoms with van der Waals surface area (Å²) in [6.45, 7) is 5.97. The van der Waals surface area contributed by atoms with Gasteiger partial charge in [0.15, 0.2) is 5.78 Å². The van der Waals surface area contributed by atoms with E-state index >= 15 is 0 Å². The van der Waals surface area contributed by atoms with Crippen LogP contribution in [0.2, 0.25) is 5.02 Å². The second-order valence-corrected chi connectivity index (χ2v) is 6.96. The molecular formula is C19H23ClN2O2. The zero-order chi connectivity index (χ0) is 17.3. The lowest BCUT2D eigenvalue weighted by atomic mass is 10.1. The van der Waals surface area contributed by atoms with Crippen molar-refractivity contribution in [2.24, 2.45) is 0 Å². The van der Waals surface area contributed by atoms with Crippen LogP contribution in [0, 0.1) is 13.8 Å². The average Bonchev–Trinajstić information content (AvgIpc) is 2.85. The fourth-order valence-electron chi connectivity index (χ4n) is 3.40. The van der Waals surface area contributed by atoms with Gasteiger partial charge in [0.2, 0.25) is 0 Å². The molecule has 5 heteroatoms. The number of likely N-dealkylation sites (tertiary alicyclic amines) is 1. The number of aryl methyl sites for hydroxylation is 1. The molecule has 1 fully saturated rings. The molecule has 1 aromatic heterocycles. The van der Waals surface area contributed by atoms with Crippen molar-refractivity contribution in [2.75, 3.05) is 19.6 Å². The van der Waals surface area contributed by atoms with Gasteiger partial charge in [-0.05, 0) is 57.0 Å². The molecule has 0 spiro atoms. The Labute approximate surface area is 147 Å². The van der Waals surface area contributed by atoms with Gasteiger partial charge >= 0.3 is 0 Å². The first-order valence-corrected chi connectivity index (χ1v) is 8.72. The predicted octanol–water partition coefficient (Wildman–Crippen LogP) is 3.39. The third-order valence-corrected chi connectivity index (χ3v) is 4.99. The number of aliphatic hydroxyl groups is 1. The van der Waals surface area contributed by atoms with Crippen LogP contribution in [0.1, 0.15) is 34.6 Å². The van der Waals surface area contributed by atoms with Gasteiger partial charge in [0.05, 0.1) is 12.6 Å². The van der Waals surface area contributed by atoms with E-state index in [4.69, 9.17) is 11.6 Å². The first-order valence-electron chi connectivity index (χ1n) is 8.34. The maximum atomic E-state index is 12.7. The number of aliphatic hydroxyl groups excluding tert-OH is 1. The van der Waals surface area contributed by atoms with Crippen LogP contribution in [-0.2, 0) is 0 Å². The summed E-state index contributed by atoms with van der Waals surface area (Å²) in [5.74, 6) is 0.139. The predicted molar refractivity (Wildman–Crippen MR) is 96.3 cm³/mol. The Balaban J connectivity index is 1.80. The molecule has 1 saturated heterocycles. The molecule has 0 saturated carbocycles. The van der Waals surface area contributed by atoms with E-state index in [0.717, 1.165) is 48.6 Å². The number of benzene rings is 1. The zero-order valence-corrected chi connectivity index (χ0v) is 14.9. The molecule has 2 aromatic rings. The van der Waals surface area contributed by atoms with Gasteiger partial charge in [-0.1, -0.05) is 11.6 Å². The van der Waals surface area contributed by atoms with Gasteiger partial charge in [-0.3, -0.25) is 9.69 Å². The van der Waals surface area contributed by atoms with E-state index in [0.29, 0.717) is 11.6 Å². The van der Waals surface area contributed by atoms with Crippen LogP contribution in [0.5, 0.6) is 0 Å². The number of carbonyl (C=O) groups excluding carboxylic acids is 1. The maximum Gasteiger partial charge on any atom is 0.178 e. The first kappa shape index (κ1) is 17.2. The molecular weight excluding hydrogens is 324 g/mol. The van der Waals surface area contributed by atoms with Gasteiger partial charge in [-0.2, -0.15) is 0 Å². The van der Waals surface area contributed by atoms with Crippen LogP contribution in [0.4, 0.5) is 0 Å². The molecule has 1 aliphatic heterocycles. The van der Waals surface area contributed by atoms with Crippen molar-refractivity contribution in [3.05, 3.63) is 52.3 Å². The molecule has 1 N–H and O–H groups in total. The highest BCUT2D eigenvalue weighted by atomic mass is 35.5. The first-order chi connectivity index (χ1) is 11.5. The van der Waals surface area contributed by atoms with Crippen LogP contribution in [0.3, 0.4) is 0 Å². The Morgan fingerprint density at radius 3 is 2.46 bits per heavy atom. The molecule has 0 amide bonds. The topological polar surface area (TPSA) is 45.5 Å². The van der Waals surface area contributed by atoms with Gasteiger partial charge in [0.1, 0.15) is 0 Å². The summed E-state index contributed by atoms with van der Waals surface area (Å²) in [6, 6.07) is 9.60. The summed E-state index contributed by atoms with van der Waals surface area (Å²) in [6.07, 6.45) is 1.28. The molecule has 0 unspecified atom stereocenters. The van der Waals surface area contributed by atoms with Crippen molar-refractivity contribution in [2.45, 2.75) is 32.8 Å². The number of nitrogens with zero attached hydrogens (tertiary/aromatic N) is 2. The number of hydrogen-bond donors (Lipinski definition) is 1. The zero-order valence-electron chi connectivity index (χ0n) is 14.1. The van der Waals surface area contributed by atoms with Crippen molar-refractivity contribution in [3.8, 4) is 5.69 Å². The molecule has 1 aromatic carbocycles. The molecule has 2 heterocycles. The van der Waals surface area contributed by atoms with Crippen LogP contribution in [-0.4, -0.2) is 46.1 Å². The largest absolute Gasteiger partial charge is 0.393 e. The van der Waals surface area contributed by atoms with Crippen molar-refractivity contribution in [1.29, 1.82) is 0 Å². The molecule has 0 aliphatic carbocycles. The third kappa shape index (κ3) is 3.56. The van der Waals surface area contributed by atoms with Crippen molar-refractivity contribution in [1.82, 2.24) is 9.47 Å². The van der Waals surface area contributed by atoms with E-state index < -0.39 is 0 Å². The summed E-state index contributed by atoms with van der Waals surface area (Å²) in [7, 11) is 0. The number of aromatic nitrogens is 1. The van der Waals surface area contributed by atoms with E-state index in [1.807, 2.05) is 44.2 Å². The molecule has 0 radical (unpaired) electrons. The molecule has 128 valence electrons. The Morgan fingerprint density at radius 1 is 1.21 bits per heavy atom. The number of carbonyl (C=O) groups is 1. The minimum absolute atomic E-state index is 0.139. The van der Waals surface area contributed by atoms with Gasteiger partial charge in [-0.15, -0.1) is 0 Å². The Kier molecular flexibility index (Phi) is 5.09. The average molecular weight is 347 g/mol. The highest BCUT2D eigenvalue weighted by Gasteiger charge is 2.22. The summed E-state index contributed by atoms with van der Waals surface area (Å²) in [4.78, 5) is 14.9. The molecule has 1 aliphatic rings. The van der Waals surface area contributed by atoms with E-state index in [-0.39, 0.29) is 11.9 Å². The minimum atomic E-state index is -0.216. The Hall–Kier alpha value is -1.62. The highest BCUT2D eigenvalue weighted by Crippen LogP contribution is 2.23. The fourth-order valence-corrected chi connectivity index (χ4v) is 3.52. The Bertz CT molecular complexity index is 729. The number of piperidine rings is 1. The monoisotopic (exact) mass is 346 g/mol. The van der Waals surface area contributed by atoms with Gasteiger partial charge in [0.25, 0.3) is 0 Å². The standard InChI is InChI=1S/C19H23ClN2O2/c1-13-11-18(19(24)12-21-9-7-17(23)8-10-21)14(2)22(13)16-5-3-15(20)4-6-16/h3-6,11,17,23H,7-10,12H2,1-2H3. The fraction of sp³-hybridized carbons (Fsp3) is 0.421. The van der Waals surface area contributed by atoms with Crippen LogP contribution in [0.25, 0.3) is 5.69 Å². The lowest BCUT2D eigenvalue weighted by Gasteiger charge is -2.28. The van der Waals surface area contributed by atoms with E-state index in [1.54, 1.807) is 0 Å². The summed E-state index contributed by atoms with van der Waals surface area (Å²) in [5, 5.41) is 10.3. The normalized spacial score (nSPS) is 16.5. The Morgan fingerprint density at radius 2 is 1.83 bits per heavy atom. The van der Waals surface area contributed by atoms with Crippen molar-refractivity contribution in [3.63, 3.8) is 0 Å². The van der Waals surface area contributed by atoms with Crippen LogP contribution < -0.4 is 0 Å². The van der Waals surface area contributed by atoms with Gasteiger partial charge in [0, 0.05) is 40.8 Å². The van der Waals surface area contributed by atoms with Crippen molar-refractivity contribution >= 4 is 17.4 Å². The van der Waals surface area contributed by atoms with E-state index in [9.17, 15) is 9.90 Å². The lowest BCUT2D eigenvalue weighted by molar-refractivity contribution is 0.0710. The quantitative estimate of drug-likeness (QED) is 0.863. The molecule has 0 bridgehead atoms. The molecule has 4 nitrogen and oxygen atoms in total. The lowest BCUT2D eigenvalue weighted by Crippen LogP contribution is -2.39. The number of Topliss-reactive ketones (excluding diaryl/α,β-unsaturated/α-hetero) is 1. The second kappa shape index (κ2) is 7.09. The number of halogens is 1. The van der Waals surface area contributed by atoms with Gasteiger partial charge < -0.3 is 9.67 Å². The summed E-state index contributed by atoms with van der Waals surface area (Å²) in [5.41, 5.74) is 3.77. The molecule has 24 heavy (non-hydrogen) atoms. The third-order valence-electron chi connectivity index (χ3n) is 4.74. The van der Waals surface area contributed by atoms with Crippen molar-refractivity contribution < 1.29 is 9.90 Å². The molecule has 3 rings (SSSR count). The number of ketones is 1. The maximum absolute atomic E-state index is 12.7.